The fraction of sp³-hybridized carbons (Fsp3) is 0.545. The molecule has 0 radical (unpaired) electrons. The van der Waals surface area contributed by atoms with Crippen molar-refractivity contribution in [2.24, 2.45) is 11.8 Å². The molecule has 0 N–H and O–H groups in total. The Morgan fingerprint density at radius 2 is 2.14 bits per heavy atom. The number of carbonyl (C=O) groups excluding carboxylic acids is 2. The molecule has 1 saturated heterocycles. The van der Waals surface area contributed by atoms with Gasteiger partial charge in [0, 0.05) is 44.6 Å². The first-order valence-corrected chi connectivity index (χ1v) is 10.4. The van der Waals surface area contributed by atoms with Crippen molar-refractivity contribution < 1.29 is 14.1 Å². The second kappa shape index (κ2) is 7.97. The van der Waals surface area contributed by atoms with Gasteiger partial charge in [0.15, 0.2) is 0 Å². The maximum absolute atomic E-state index is 12.8. The van der Waals surface area contributed by atoms with E-state index in [4.69, 9.17) is 4.52 Å². The quantitative estimate of drug-likeness (QED) is 0.750. The van der Waals surface area contributed by atoms with Crippen LogP contribution in [0.2, 0.25) is 0 Å². The number of rotatable bonds is 6. The molecule has 2 heterocycles. The van der Waals surface area contributed by atoms with Gasteiger partial charge in [0.05, 0.1) is 5.92 Å². The molecule has 1 aliphatic carbocycles. The monoisotopic (exact) mass is 396 g/mol. The van der Waals surface area contributed by atoms with Crippen molar-refractivity contribution in [3.8, 4) is 11.4 Å². The van der Waals surface area contributed by atoms with E-state index in [0.29, 0.717) is 43.6 Å². The number of carbonyl (C=O) groups is 2. The zero-order valence-corrected chi connectivity index (χ0v) is 17.3. The average molecular weight is 396 g/mol. The number of benzene rings is 1. The number of amides is 2. The van der Waals surface area contributed by atoms with Crippen LogP contribution in [0.3, 0.4) is 0 Å². The second-order valence-electron chi connectivity index (χ2n) is 8.21. The van der Waals surface area contributed by atoms with Crippen LogP contribution in [-0.4, -0.2) is 57.9 Å². The average Bonchev–Trinajstić information content (AvgIpc) is 3.45. The van der Waals surface area contributed by atoms with Gasteiger partial charge in [-0.1, -0.05) is 28.9 Å². The lowest BCUT2D eigenvalue weighted by Crippen LogP contribution is -2.42. The zero-order valence-electron chi connectivity index (χ0n) is 17.3. The number of aryl methyl sites for hydroxylation is 2. The summed E-state index contributed by atoms with van der Waals surface area (Å²) in [4.78, 5) is 33.7. The summed E-state index contributed by atoms with van der Waals surface area (Å²) in [6, 6.07) is 7.96. The van der Waals surface area contributed by atoms with Crippen LogP contribution in [-0.2, 0) is 16.0 Å². The molecule has 2 amide bonds. The predicted octanol–water partition coefficient (Wildman–Crippen LogP) is 2.69. The molecule has 2 fully saturated rings. The minimum atomic E-state index is -0.0415. The lowest BCUT2D eigenvalue weighted by Gasteiger charge is -2.28. The van der Waals surface area contributed by atoms with Crippen molar-refractivity contribution >= 4 is 11.8 Å². The molecule has 7 heteroatoms. The molecule has 2 aromatic rings. The van der Waals surface area contributed by atoms with E-state index < -0.39 is 0 Å². The summed E-state index contributed by atoms with van der Waals surface area (Å²) < 4.78 is 5.35. The maximum atomic E-state index is 12.8. The fourth-order valence-corrected chi connectivity index (χ4v) is 4.68. The molecule has 0 spiro atoms. The van der Waals surface area contributed by atoms with Crippen LogP contribution in [0.5, 0.6) is 0 Å². The van der Waals surface area contributed by atoms with E-state index in [9.17, 15) is 9.59 Å². The van der Waals surface area contributed by atoms with Crippen LogP contribution in [0.15, 0.2) is 28.8 Å². The van der Waals surface area contributed by atoms with Gasteiger partial charge in [-0.25, -0.2) is 0 Å². The Bertz CT molecular complexity index is 909. The van der Waals surface area contributed by atoms with Gasteiger partial charge in [-0.05, 0) is 38.7 Å². The summed E-state index contributed by atoms with van der Waals surface area (Å²) in [6.45, 7) is 5.38. The first-order chi connectivity index (χ1) is 14.0. The SMILES string of the molecule is CCN(C)C(=O)[C@@H]1[C@H]2CC[C@@H]1N(C(=O)CCc1nc(-c3cccc(C)c3)no1)C2. The Morgan fingerprint density at radius 1 is 1.31 bits per heavy atom. The van der Waals surface area contributed by atoms with E-state index in [1.807, 2.05) is 50.1 Å². The van der Waals surface area contributed by atoms with Crippen LogP contribution in [0.25, 0.3) is 11.4 Å². The number of fused-ring (bicyclic) bond motifs is 2. The smallest absolute Gasteiger partial charge is 0.227 e. The van der Waals surface area contributed by atoms with Crippen molar-refractivity contribution in [2.75, 3.05) is 20.1 Å². The summed E-state index contributed by atoms with van der Waals surface area (Å²) in [6.07, 6.45) is 2.69. The van der Waals surface area contributed by atoms with Gasteiger partial charge in [-0.3, -0.25) is 9.59 Å². The number of piperidine rings is 1. The fourth-order valence-electron chi connectivity index (χ4n) is 4.68. The van der Waals surface area contributed by atoms with E-state index in [-0.39, 0.29) is 23.8 Å². The van der Waals surface area contributed by atoms with Crippen LogP contribution >= 0.6 is 0 Å². The van der Waals surface area contributed by atoms with E-state index >= 15 is 0 Å². The van der Waals surface area contributed by atoms with E-state index in [1.165, 1.54) is 0 Å². The van der Waals surface area contributed by atoms with Crippen LogP contribution in [0.4, 0.5) is 0 Å². The topological polar surface area (TPSA) is 79.5 Å². The van der Waals surface area contributed by atoms with E-state index in [0.717, 1.165) is 24.0 Å². The van der Waals surface area contributed by atoms with Crippen molar-refractivity contribution in [2.45, 2.75) is 45.6 Å². The molecule has 2 bridgehead atoms. The molecule has 1 aromatic carbocycles. The van der Waals surface area contributed by atoms with Gasteiger partial charge < -0.3 is 14.3 Å². The Morgan fingerprint density at radius 3 is 2.90 bits per heavy atom. The molecule has 4 rings (SSSR count). The van der Waals surface area contributed by atoms with E-state index in [1.54, 1.807) is 4.90 Å². The molecule has 0 unspecified atom stereocenters. The molecular weight excluding hydrogens is 368 g/mol. The third-order valence-corrected chi connectivity index (χ3v) is 6.34. The summed E-state index contributed by atoms with van der Waals surface area (Å²) in [5.41, 5.74) is 2.04. The standard InChI is InChI=1S/C22H28N4O3/c1-4-25(3)22(28)20-16-8-9-17(20)26(13-16)19(27)11-10-18-23-21(24-29-18)15-7-5-6-14(2)12-15/h5-7,12,16-17,20H,4,8-11,13H2,1-3H3/t16-,17-,20+/m0/s1. The highest BCUT2D eigenvalue weighted by atomic mass is 16.5. The normalized spacial score (nSPS) is 22.9. The lowest BCUT2D eigenvalue weighted by molar-refractivity contribution is -0.136. The maximum Gasteiger partial charge on any atom is 0.227 e. The largest absolute Gasteiger partial charge is 0.346 e. The summed E-state index contributed by atoms with van der Waals surface area (Å²) in [5, 5.41) is 4.04. The first-order valence-electron chi connectivity index (χ1n) is 10.4. The van der Waals surface area contributed by atoms with Crippen molar-refractivity contribution in [3.05, 3.63) is 35.7 Å². The molecular formula is C22H28N4O3. The Hall–Kier alpha value is -2.70. The Balaban J connectivity index is 1.37. The van der Waals surface area contributed by atoms with Gasteiger partial charge in [0.25, 0.3) is 0 Å². The number of hydrogen-bond acceptors (Lipinski definition) is 5. The van der Waals surface area contributed by atoms with Gasteiger partial charge in [-0.15, -0.1) is 0 Å². The molecule has 1 saturated carbocycles. The highest BCUT2D eigenvalue weighted by molar-refractivity contribution is 5.84. The third-order valence-electron chi connectivity index (χ3n) is 6.34. The predicted molar refractivity (Wildman–Crippen MR) is 108 cm³/mol. The van der Waals surface area contributed by atoms with Gasteiger partial charge >= 0.3 is 0 Å². The first kappa shape index (κ1) is 19.6. The van der Waals surface area contributed by atoms with Gasteiger partial charge in [0.2, 0.25) is 23.5 Å². The van der Waals surface area contributed by atoms with E-state index in [2.05, 4.69) is 10.1 Å². The minimum Gasteiger partial charge on any atom is -0.346 e. The zero-order chi connectivity index (χ0) is 20.5. The Labute approximate surface area is 171 Å². The highest BCUT2D eigenvalue weighted by Crippen LogP contribution is 2.43. The van der Waals surface area contributed by atoms with Gasteiger partial charge in [-0.2, -0.15) is 4.98 Å². The number of nitrogens with zero attached hydrogens (tertiary/aromatic N) is 4. The molecule has 154 valence electrons. The third kappa shape index (κ3) is 3.78. The van der Waals surface area contributed by atoms with Crippen molar-refractivity contribution in [1.82, 2.24) is 19.9 Å². The second-order valence-corrected chi connectivity index (χ2v) is 8.21. The molecule has 29 heavy (non-hydrogen) atoms. The molecule has 7 nitrogen and oxygen atoms in total. The van der Waals surface area contributed by atoms with Crippen LogP contribution in [0, 0.1) is 18.8 Å². The highest BCUT2D eigenvalue weighted by Gasteiger charge is 2.52. The molecule has 1 aromatic heterocycles. The summed E-state index contributed by atoms with van der Waals surface area (Å²) in [7, 11) is 1.84. The number of hydrogen-bond donors (Lipinski definition) is 0. The molecule has 2 aliphatic rings. The summed E-state index contributed by atoms with van der Waals surface area (Å²) in [5.74, 6) is 1.52. The minimum absolute atomic E-state index is 0.0412. The molecule has 3 atom stereocenters. The van der Waals surface area contributed by atoms with Gasteiger partial charge in [0.1, 0.15) is 0 Å². The summed E-state index contributed by atoms with van der Waals surface area (Å²) >= 11 is 0. The number of aromatic nitrogens is 2. The van der Waals surface area contributed by atoms with Crippen LogP contribution in [0.1, 0.15) is 37.6 Å². The lowest BCUT2D eigenvalue weighted by atomic mass is 9.97. The van der Waals surface area contributed by atoms with Crippen molar-refractivity contribution in [3.63, 3.8) is 0 Å². The number of likely N-dealkylation sites (tertiary alicyclic amines) is 1. The molecule has 1 aliphatic heterocycles. The van der Waals surface area contributed by atoms with Crippen LogP contribution < -0.4 is 0 Å². The Kier molecular flexibility index (Phi) is 5.39. The van der Waals surface area contributed by atoms with Crippen molar-refractivity contribution in [1.29, 1.82) is 0 Å².